The van der Waals surface area contributed by atoms with Crippen molar-refractivity contribution in [2.24, 2.45) is 0 Å². The Morgan fingerprint density at radius 3 is 2.45 bits per heavy atom. The molecule has 0 aliphatic heterocycles. The van der Waals surface area contributed by atoms with Crippen LogP contribution in [0.5, 0.6) is 5.75 Å². The number of carboxylic acid groups (broad SMARTS) is 1. The zero-order valence-electron chi connectivity index (χ0n) is 11.5. The molecular weight excluding hydrogens is 252 g/mol. The number of hydrogen-bond donors (Lipinski definition) is 1. The number of aryl methyl sites for hydroxylation is 1. The van der Waals surface area contributed by atoms with Crippen molar-refractivity contribution >= 4 is 12.0 Å². The summed E-state index contributed by atoms with van der Waals surface area (Å²) in [6, 6.07) is 13.7. The van der Waals surface area contributed by atoms with Crippen molar-refractivity contribution in [1.29, 1.82) is 0 Å². The summed E-state index contributed by atoms with van der Waals surface area (Å²) in [4.78, 5) is 10.5. The average Bonchev–Trinajstić information content (AvgIpc) is 2.45. The predicted molar refractivity (Wildman–Crippen MR) is 79.8 cm³/mol. The van der Waals surface area contributed by atoms with E-state index in [4.69, 9.17) is 9.84 Å². The van der Waals surface area contributed by atoms with Crippen molar-refractivity contribution in [3.05, 3.63) is 59.7 Å². The Hall–Kier alpha value is -2.55. The highest BCUT2D eigenvalue weighted by molar-refractivity contribution is 5.85. The lowest BCUT2D eigenvalue weighted by molar-refractivity contribution is -0.131. The number of benzene rings is 2. The molecule has 2 aromatic carbocycles. The lowest BCUT2D eigenvalue weighted by atomic mass is 10.0. The topological polar surface area (TPSA) is 46.5 Å². The first-order valence-electron chi connectivity index (χ1n) is 6.26. The van der Waals surface area contributed by atoms with E-state index in [2.05, 4.69) is 6.07 Å². The summed E-state index contributed by atoms with van der Waals surface area (Å²) < 4.78 is 5.37. The maximum atomic E-state index is 10.5. The minimum Gasteiger partial charge on any atom is -0.496 e. The maximum absolute atomic E-state index is 10.5. The lowest BCUT2D eigenvalue weighted by Crippen LogP contribution is -1.89. The summed E-state index contributed by atoms with van der Waals surface area (Å²) in [6.45, 7) is 2.03. The lowest BCUT2D eigenvalue weighted by Gasteiger charge is -2.10. The summed E-state index contributed by atoms with van der Waals surface area (Å²) >= 11 is 0. The largest absolute Gasteiger partial charge is 0.496 e. The van der Waals surface area contributed by atoms with Gasteiger partial charge in [0.05, 0.1) is 7.11 Å². The third-order valence-electron chi connectivity index (χ3n) is 3.00. The molecule has 2 rings (SSSR count). The molecule has 0 saturated carbocycles. The van der Waals surface area contributed by atoms with Gasteiger partial charge >= 0.3 is 5.97 Å². The number of carbonyl (C=O) groups is 1. The van der Waals surface area contributed by atoms with Gasteiger partial charge in [0.1, 0.15) is 5.75 Å². The third-order valence-corrected chi connectivity index (χ3v) is 3.00. The molecule has 0 aromatic heterocycles. The van der Waals surface area contributed by atoms with E-state index in [0.29, 0.717) is 0 Å². The summed E-state index contributed by atoms with van der Waals surface area (Å²) in [5, 5.41) is 8.60. The molecule has 20 heavy (non-hydrogen) atoms. The minimum absolute atomic E-state index is 0.824. The van der Waals surface area contributed by atoms with Crippen LogP contribution in [0.1, 0.15) is 11.1 Å². The number of ether oxygens (including phenoxy) is 1. The number of rotatable bonds is 4. The standard InChI is InChI=1S/C17H16O3/c1-12-3-9-16(20-2)15(11-12)14-7-4-13(5-8-14)6-10-17(18)19/h3-11H,1-2H3,(H,18,19)/b10-6+. The van der Waals surface area contributed by atoms with Crippen LogP contribution in [0.15, 0.2) is 48.5 Å². The van der Waals surface area contributed by atoms with E-state index in [1.54, 1.807) is 13.2 Å². The van der Waals surface area contributed by atoms with Gasteiger partial charge in [-0.05, 0) is 36.3 Å². The average molecular weight is 268 g/mol. The molecule has 3 nitrogen and oxygen atoms in total. The van der Waals surface area contributed by atoms with Crippen LogP contribution >= 0.6 is 0 Å². The molecule has 0 heterocycles. The highest BCUT2D eigenvalue weighted by Gasteiger charge is 2.05. The molecule has 0 fully saturated rings. The molecule has 0 bridgehead atoms. The van der Waals surface area contributed by atoms with E-state index < -0.39 is 5.97 Å². The zero-order chi connectivity index (χ0) is 14.5. The van der Waals surface area contributed by atoms with Crippen LogP contribution in [0.3, 0.4) is 0 Å². The van der Waals surface area contributed by atoms with E-state index >= 15 is 0 Å². The molecule has 0 aliphatic rings. The minimum atomic E-state index is -0.950. The molecule has 0 atom stereocenters. The monoisotopic (exact) mass is 268 g/mol. The van der Waals surface area contributed by atoms with Gasteiger partial charge in [-0.1, -0.05) is 35.9 Å². The molecule has 0 aliphatic carbocycles. The van der Waals surface area contributed by atoms with Crippen LogP contribution in [0.4, 0.5) is 0 Å². The van der Waals surface area contributed by atoms with E-state index in [1.165, 1.54) is 0 Å². The van der Waals surface area contributed by atoms with Crippen molar-refractivity contribution in [3.63, 3.8) is 0 Å². The molecule has 1 N–H and O–H groups in total. The smallest absolute Gasteiger partial charge is 0.328 e. The molecule has 0 radical (unpaired) electrons. The van der Waals surface area contributed by atoms with E-state index in [9.17, 15) is 4.79 Å². The van der Waals surface area contributed by atoms with Gasteiger partial charge in [0.15, 0.2) is 0 Å². The fourth-order valence-electron chi connectivity index (χ4n) is 1.99. The predicted octanol–water partition coefficient (Wildman–Crippen LogP) is 3.77. The molecular formula is C17H16O3. The molecule has 0 saturated heterocycles. The van der Waals surface area contributed by atoms with Gasteiger partial charge in [-0.15, -0.1) is 0 Å². The number of hydrogen-bond acceptors (Lipinski definition) is 2. The van der Waals surface area contributed by atoms with Gasteiger partial charge in [0.25, 0.3) is 0 Å². The van der Waals surface area contributed by atoms with E-state index in [0.717, 1.165) is 34.1 Å². The summed E-state index contributed by atoms with van der Waals surface area (Å²) in [5.41, 5.74) is 4.08. The van der Waals surface area contributed by atoms with Gasteiger partial charge in [0.2, 0.25) is 0 Å². The van der Waals surface area contributed by atoms with Crippen LogP contribution in [0.25, 0.3) is 17.2 Å². The van der Waals surface area contributed by atoms with Gasteiger partial charge < -0.3 is 9.84 Å². The van der Waals surface area contributed by atoms with Crippen LogP contribution < -0.4 is 4.74 Å². The summed E-state index contributed by atoms with van der Waals surface area (Å²) in [6.07, 6.45) is 2.70. The number of methoxy groups -OCH3 is 1. The van der Waals surface area contributed by atoms with Crippen LogP contribution in [0, 0.1) is 6.92 Å². The van der Waals surface area contributed by atoms with Crippen LogP contribution in [-0.2, 0) is 4.79 Å². The van der Waals surface area contributed by atoms with E-state index in [1.807, 2.05) is 43.3 Å². The molecule has 0 unspecified atom stereocenters. The SMILES string of the molecule is COc1ccc(C)cc1-c1ccc(/C=C/C(=O)O)cc1. The van der Waals surface area contributed by atoms with Crippen molar-refractivity contribution in [2.75, 3.05) is 7.11 Å². The van der Waals surface area contributed by atoms with Gasteiger partial charge in [-0.2, -0.15) is 0 Å². The Morgan fingerprint density at radius 2 is 1.85 bits per heavy atom. The molecule has 2 aromatic rings. The van der Waals surface area contributed by atoms with Gasteiger partial charge in [-0.25, -0.2) is 4.79 Å². The highest BCUT2D eigenvalue weighted by Crippen LogP contribution is 2.31. The molecule has 102 valence electrons. The maximum Gasteiger partial charge on any atom is 0.328 e. The van der Waals surface area contributed by atoms with Crippen molar-refractivity contribution in [2.45, 2.75) is 6.92 Å². The number of aliphatic carboxylic acids is 1. The van der Waals surface area contributed by atoms with Crippen molar-refractivity contribution in [3.8, 4) is 16.9 Å². The first-order valence-corrected chi connectivity index (χ1v) is 6.26. The summed E-state index contributed by atoms with van der Waals surface area (Å²) in [7, 11) is 1.65. The second-order valence-electron chi connectivity index (χ2n) is 4.50. The second-order valence-corrected chi connectivity index (χ2v) is 4.50. The first kappa shape index (κ1) is 13.9. The van der Waals surface area contributed by atoms with Crippen LogP contribution in [0.2, 0.25) is 0 Å². The zero-order valence-corrected chi connectivity index (χ0v) is 11.5. The van der Waals surface area contributed by atoms with Crippen molar-refractivity contribution < 1.29 is 14.6 Å². The van der Waals surface area contributed by atoms with Gasteiger partial charge in [0, 0.05) is 11.6 Å². The second kappa shape index (κ2) is 6.06. The Labute approximate surface area is 118 Å². The fourth-order valence-corrected chi connectivity index (χ4v) is 1.99. The summed E-state index contributed by atoms with van der Waals surface area (Å²) in [5.74, 6) is -0.126. The fraction of sp³-hybridized carbons (Fsp3) is 0.118. The van der Waals surface area contributed by atoms with Crippen molar-refractivity contribution in [1.82, 2.24) is 0 Å². The first-order chi connectivity index (χ1) is 9.60. The highest BCUT2D eigenvalue weighted by atomic mass is 16.5. The Bertz CT molecular complexity index is 640. The molecule has 3 heteroatoms. The normalized spacial score (nSPS) is 10.7. The Balaban J connectivity index is 2.35. The Morgan fingerprint density at radius 1 is 1.15 bits per heavy atom. The third kappa shape index (κ3) is 3.26. The van der Waals surface area contributed by atoms with Gasteiger partial charge in [-0.3, -0.25) is 0 Å². The molecule has 0 amide bonds. The van der Waals surface area contributed by atoms with E-state index in [-0.39, 0.29) is 0 Å². The van der Waals surface area contributed by atoms with Crippen LogP contribution in [-0.4, -0.2) is 18.2 Å². The molecule has 0 spiro atoms. The quantitative estimate of drug-likeness (QED) is 0.859. The Kier molecular flexibility index (Phi) is 4.20. The number of carboxylic acids is 1.